The summed E-state index contributed by atoms with van der Waals surface area (Å²) in [5.41, 5.74) is 11.9. The van der Waals surface area contributed by atoms with Gasteiger partial charge in [-0.1, -0.05) is 12.1 Å². The lowest BCUT2D eigenvalue weighted by Crippen LogP contribution is -2.42. The molecular weight excluding hydrogens is 796 g/mol. The number of carboxylic acids is 1. The third kappa shape index (κ3) is 13.4. The van der Waals surface area contributed by atoms with Gasteiger partial charge in [0.25, 0.3) is 23.6 Å². The number of carboxylic acid groups (broad SMARTS) is 1. The van der Waals surface area contributed by atoms with E-state index in [4.69, 9.17) is 20.4 Å². The van der Waals surface area contributed by atoms with Crippen LogP contribution in [0.2, 0.25) is 0 Å². The molecular formula is C40H42F3N7O8S. The minimum atomic E-state index is -5.08. The van der Waals surface area contributed by atoms with Crippen LogP contribution in [-0.2, 0) is 27.3 Å². The van der Waals surface area contributed by atoms with Crippen molar-refractivity contribution in [1.29, 1.82) is 0 Å². The van der Waals surface area contributed by atoms with Gasteiger partial charge in [-0.25, -0.2) is 9.78 Å². The van der Waals surface area contributed by atoms with Gasteiger partial charge in [-0.05, 0) is 92.3 Å². The van der Waals surface area contributed by atoms with E-state index in [0.29, 0.717) is 59.9 Å². The van der Waals surface area contributed by atoms with Crippen molar-refractivity contribution in [2.75, 3.05) is 30.3 Å². The third-order valence-electron chi connectivity index (χ3n) is 9.01. The van der Waals surface area contributed by atoms with Gasteiger partial charge in [-0.3, -0.25) is 24.0 Å². The number of nitrogens with one attached hydrogen (secondary N) is 4. The Morgan fingerprint density at radius 1 is 0.915 bits per heavy atom. The maximum Gasteiger partial charge on any atom is 0.490 e. The monoisotopic (exact) mass is 837 g/mol. The van der Waals surface area contributed by atoms with E-state index in [1.165, 1.54) is 11.3 Å². The predicted octanol–water partition coefficient (Wildman–Crippen LogP) is 4.75. The van der Waals surface area contributed by atoms with E-state index in [-0.39, 0.29) is 42.2 Å². The highest BCUT2D eigenvalue weighted by Crippen LogP contribution is 2.33. The molecule has 6 rings (SSSR count). The topological polar surface area (TPSA) is 222 Å². The lowest BCUT2D eigenvalue weighted by atomic mass is 10.1. The molecule has 1 aromatic heterocycles. The Balaban J connectivity index is 0.000000867. The number of aliphatic carboxylic acids is 1. The normalized spacial score (nSPS) is 13.6. The Labute approximate surface area is 340 Å². The second kappa shape index (κ2) is 20.4. The summed E-state index contributed by atoms with van der Waals surface area (Å²) >= 11 is 1.47. The molecule has 0 radical (unpaired) electrons. The number of unbranched alkanes of at least 4 members (excludes halogenated alkanes) is 2. The number of carbonyl (C=O) groups is 6. The smallest absolute Gasteiger partial charge is 0.482 e. The summed E-state index contributed by atoms with van der Waals surface area (Å²) in [4.78, 5) is 77.7. The van der Waals surface area contributed by atoms with E-state index in [1.54, 1.807) is 60.1 Å². The quantitative estimate of drug-likeness (QED) is 0.0851. The molecule has 19 heteroatoms. The zero-order valence-corrected chi connectivity index (χ0v) is 32.4. The van der Waals surface area contributed by atoms with Gasteiger partial charge in [0.15, 0.2) is 6.61 Å². The van der Waals surface area contributed by atoms with Crippen LogP contribution in [0.5, 0.6) is 5.75 Å². The van der Waals surface area contributed by atoms with Crippen molar-refractivity contribution in [2.45, 2.75) is 63.3 Å². The van der Waals surface area contributed by atoms with Gasteiger partial charge >= 0.3 is 12.1 Å². The standard InChI is InChI=1S/C38H41N7O6S.C2HF3O2/c39-31(19-29-22-52-23-42-29)37(49)41-17-3-1-2-16-40-35(47)25-8-11-28(12-9-25)43-36(48)26-6-4-24(5-7-26)20-45(30-13-14-30)38(50)27-10-15-32-33(18-27)51-21-34(46)44-32;3-2(4,5)1(6)7/h4-12,15,18,22-23,30-31H,1-3,13-14,16-17,19-21,39H2,(H,40,47)(H,41,49)(H,43,48)(H,44,46);(H,6,7)/t31-;/m0./s1. The van der Waals surface area contributed by atoms with Gasteiger partial charge in [0.1, 0.15) is 5.75 Å². The largest absolute Gasteiger partial charge is 0.490 e. The molecule has 7 N–H and O–H groups in total. The number of hydrogen-bond donors (Lipinski definition) is 6. The maximum atomic E-state index is 13.5. The molecule has 312 valence electrons. The Hall–Kier alpha value is -6.34. The molecule has 59 heavy (non-hydrogen) atoms. The number of hydrogen-bond acceptors (Lipinski definition) is 10. The molecule has 5 amide bonds. The highest BCUT2D eigenvalue weighted by molar-refractivity contribution is 7.07. The Morgan fingerprint density at radius 3 is 2.17 bits per heavy atom. The van der Waals surface area contributed by atoms with Crippen LogP contribution in [0.4, 0.5) is 24.5 Å². The van der Waals surface area contributed by atoms with Crippen LogP contribution in [0, 0.1) is 0 Å². The molecule has 15 nitrogen and oxygen atoms in total. The van der Waals surface area contributed by atoms with Crippen LogP contribution in [0.1, 0.15) is 74.4 Å². The Kier molecular flexibility index (Phi) is 15.1. The Morgan fingerprint density at radius 2 is 1.54 bits per heavy atom. The molecule has 0 bridgehead atoms. The number of anilines is 2. The SMILES string of the molecule is N[C@@H](Cc1cscn1)C(=O)NCCCCCNC(=O)c1ccc(NC(=O)c2ccc(CN(C(=O)c3ccc4c(c3)OCC(=O)N4)C3CC3)cc2)cc1.O=C(O)C(F)(F)F. The van der Waals surface area contributed by atoms with E-state index in [0.717, 1.165) is 43.4 Å². The van der Waals surface area contributed by atoms with E-state index in [2.05, 4.69) is 26.3 Å². The summed E-state index contributed by atoms with van der Waals surface area (Å²) in [6.45, 7) is 1.33. The Bertz CT molecular complexity index is 2110. The predicted molar refractivity (Wildman–Crippen MR) is 211 cm³/mol. The van der Waals surface area contributed by atoms with Gasteiger partial charge in [-0.15, -0.1) is 11.3 Å². The first-order valence-electron chi connectivity index (χ1n) is 18.5. The number of ether oxygens (including phenoxy) is 1. The first-order chi connectivity index (χ1) is 28.2. The number of nitrogens with zero attached hydrogens (tertiary/aromatic N) is 2. The molecule has 1 aliphatic heterocycles. The molecule has 1 fully saturated rings. The highest BCUT2D eigenvalue weighted by Gasteiger charge is 2.38. The van der Waals surface area contributed by atoms with Crippen molar-refractivity contribution in [3.8, 4) is 5.75 Å². The summed E-state index contributed by atoms with van der Waals surface area (Å²) in [6, 6.07) is 18.4. The van der Waals surface area contributed by atoms with Crippen LogP contribution in [0.25, 0.3) is 0 Å². The second-order valence-corrected chi connectivity index (χ2v) is 14.4. The van der Waals surface area contributed by atoms with E-state index in [9.17, 15) is 37.1 Å². The van der Waals surface area contributed by atoms with Gasteiger partial charge in [0, 0.05) is 59.9 Å². The number of thiazole rings is 1. The first kappa shape index (κ1) is 43.8. The molecule has 4 aromatic rings. The molecule has 2 aliphatic rings. The number of amides is 5. The fraction of sp³-hybridized carbons (Fsp3) is 0.325. The van der Waals surface area contributed by atoms with Crippen LogP contribution < -0.4 is 31.7 Å². The zero-order valence-electron chi connectivity index (χ0n) is 31.6. The number of halogens is 3. The zero-order chi connectivity index (χ0) is 42.5. The van der Waals surface area contributed by atoms with Crippen LogP contribution >= 0.6 is 11.3 Å². The molecule has 0 spiro atoms. The average Bonchev–Trinajstić information content (AvgIpc) is 3.93. The van der Waals surface area contributed by atoms with Gasteiger partial charge in [0.2, 0.25) is 5.91 Å². The van der Waals surface area contributed by atoms with Crippen molar-refractivity contribution >= 4 is 58.2 Å². The molecule has 0 unspecified atom stereocenters. The molecule has 3 aromatic carbocycles. The molecule has 1 saturated carbocycles. The average molecular weight is 838 g/mol. The number of nitrogens with two attached hydrogens (primary N) is 1. The van der Waals surface area contributed by atoms with Crippen molar-refractivity contribution in [2.24, 2.45) is 5.73 Å². The van der Waals surface area contributed by atoms with E-state index >= 15 is 0 Å². The van der Waals surface area contributed by atoms with Gasteiger partial charge < -0.3 is 41.7 Å². The molecule has 2 heterocycles. The highest BCUT2D eigenvalue weighted by atomic mass is 32.1. The van der Waals surface area contributed by atoms with Crippen molar-refractivity contribution in [1.82, 2.24) is 20.5 Å². The van der Waals surface area contributed by atoms with Crippen LogP contribution in [0.15, 0.2) is 77.6 Å². The fourth-order valence-corrected chi connectivity index (χ4v) is 6.29. The summed E-state index contributed by atoms with van der Waals surface area (Å²) < 4.78 is 37.2. The summed E-state index contributed by atoms with van der Waals surface area (Å²) in [5, 5.41) is 20.4. The number of benzene rings is 3. The van der Waals surface area contributed by atoms with Crippen LogP contribution in [0.3, 0.4) is 0 Å². The minimum absolute atomic E-state index is 0.0846. The number of rotatable bonds is 16. The second-order valence-electron chi connectivity index (χ2n) is 13.6. The summed E-state index contributed by atoms with van der Waals surface area (Å²) in [5.74, 6) is -3.33. The number of fused-ring (bicyclic) bond motifs is 1. The summed E-state index contributed by atoms with van der Waals surface area (Å²) in [6.07, 6.45) is -0.444. The molecule has 1 atom stereocenters. The van der Waals surface area contributed by atoms with Crippen molar-refractivity contribution < 1.29 is 51.8 Å². The third-order valence-corrected chi connectivity index (χ3v) is 9.65. The number of carbonyl (C=O) groups excluding carboxylic acids is 5. The van der Waals surface area contributed by atoms with Gasteiger partial charge in [0.05, 0.1) is 22.9 Å². The van der Waals surface area contributed by atoms with Gasteiger partial charge in [-0.2, -0.15) is 13.2 Å². The minimum Gasteiger partial charge on any atom is -0.482 e. The number of alkyl halides is 3. The van der Waals surface area contributed by atoms with E-state index < -0.39 is 18.2 Å². The van der Waals surface area contributed by atoms with Crippen molar-refractivity contribution in [3.63, 3.8) is 0 Å². The van der Waals surface area contributed by atoms with Crippen LogP contribution in [-0.4, -0.2) is 88.5 Å². The van der Waals surface area contributed by atoms with E-state index in [1.807, 2.05) is 22.4 Å². The maximum absolute atomic E-state index is 13.5. The lowest BCUT2D eigenvalue weighted by Gasteiger charge is -2.24. The number of aromatic nitrogens is 1. The lowest BCUT2D eigenvalue weighted by molar-refractivity contribution is -0.192. The molecule has 0 saturated heterocycles. The van der Waals surface area contributed by atoms with Crippen molar-refractivity contribution in [3.05, 3.63) is 106 Å². The first-order valence-corrected chi connectivity index (χ1v) is 19.5. The fourth-order valence-electron chi connectivity index (χ4n) is 5.72. The molecule has 1 aliphatic carbocycles. The summed E-state index contributed by atoms with van der Waals surface area (Å²) in [7, 11) is 0.